The monoisotopic (exact) mass is 360 g/mol. The molecule has 2 heterocycles. The summed E-state index contributed by atoms with van der Waals surface area (Å²) < 4.78 is 7.74. The van der Waals surface area contributed by atoms with Crippen LogP contribution in [0.5, 0.6) is 5.88 Å². The first kappa shape index (κ1) is 16.7. The predicted octanol–water partition coefficient (Wildman–Crippen LogP) is 1.46. The quantitative estimate of drug-likeness (QED) is 0.708. The molecule has 1 atom stereocenters. The molecule has 1 aliphatic rings. The van der Waals surface area contributed by atoms with Gasteiger partial charge >= 0.3 is 5.69 Å². The number of hydrogen-bond donors (Lipinski definition) is 1. The molecular formula is C20H16N4O3. The van der Waals surface area contributed by atoms with Gasteiger partial charge in [0.1, 0.15) is 11.6 Å². The molecule has 3 aromatic rings. The Hall–Kier alpha value is -3.79. The molecule has 2 aromatic carbocycles. The Morgan fingerprint density at radius 2 is 1.78 bits per heavy atom. The van der Waals surface area contributed by atoms with Crippen molar-refractivity contribution in [3.8, 4) is 11.9 Å². The van der Waals surface area contributed by atoms with Crippen molar-refractivity contribution in [1.82, 2.24) is 9.13 Å². The van der Waals surface area contributed by atoms with Crippen molar-refractivity contribution in [2.45, 2.75) is 5.92 Å². The molecule has 0 radical (unpaired) electrons. The lowest BCUT2D eigenvalue weighted by molar-refractivity contribution is 0.348. The molecule has 0 fully saturated rings. The van der Waals surface area contributed by atoms with Gasteiger partial charge in [0.25, 0.3) is 5.56 Å². The summed E-state index contributed by atoms with van der Waals surface area (Å²) in [5, 5.41) is 11.7. The van der Waals surface area contributed by atoms with Gasteiger partial charge < -0.3 is 10.5 Å². The highest BCUT2D eigenvalue weighted by molar-refractivity contribution is 5.83. The molecule has 0 amide bonds. The van der Waals surface area contributed by atoms with Gasteiger partial charge in [0.15, 0.2) is 0 Å². The molecule has 0 aliphatic carbocycles. The highest BCUT2D eigenvalue weighted by Crippen LogP contribution is 2.40. The fraction of sp³-hybridized carbons (Fsp3) is 0.150. The average Bonchev–Trinajstić information content (AvgIpc) is 2.69. The Kier molecular flexibility index (Phi) is 3.63. The number of aromatic nitrogens is 2. The summed E-state index contributed by atoms with van der Waals surface area (Å²) in [6, 6.07) is 15.6. The van der Waals surface area contributed by atoms with E-state index in [0.717, 1.165) is 20.9 Å². The van der Waals surface area contributed by atoms with E-state index in [1.165, 1.54) is 18.7 Å². The van der Waals surface area contributed by atoms with Crippen LogP contribution in [0.3, 0.4) is 0 Å². The normalized spacial score (nSPS) is 16.0. The second kappa shape index (κ2) is 5.88. The zero-order valence-corrected chi connectivity index (χ0v) is 14.8. The number of rotatable bonds is 1. The van der Waals surface area contributed by atoms with E-state index in [2.05, 4.69) is 6.07 Å². The fourth-order valence-corrected chi connectivity index (χ4v) is 3.51. The summed E-state index contributed by atoms with van der Waals surface area (Å²) in [6.45, 7) is 0. The summed E-state index contributed by atoms with van der Waals surface area (Å²) in [6.07, 6.45) is 0. The summed E-state index contributed by atoms with van der Waals surface area (Å²) in [5.74, 6) is -0.752. The van der Waals surface area contributed by atoms with Crippen LogP contribution in [0.25, 0.3) is 10.8 Å². The van der Waals surface area contributed by atoms with E-state index in [-0.39, 0.29) is 22.9 Å². The minimum atomic E-state index is -0.714. The average molecular weight is 360 g/mol. The third-order valence-electron chi connectivity index (χ3n) is 4.92. The van der Waals surface area contributed by atoms with Gasteiger partial charge in [0, 0.05) is 14.1 Å². The second-order valence-electron chi connectivity index (χ2n) is 6.46. The number of allylic oxidation sites excluding steroid dienone is 1. The van der Waals surface area contributed by atoms with Crippen LogP contribution in [0.15, 0.2) is 63.5 Å². The maximum atomic E-state index is 12.9. The van der Waals surface area contributed by atoms with E-state index in [9.17, 15) is 14.9 Å². The Bertz CT molecular complexity index is 1290. The molecule has 2 N–H and O–H groups in total. The van der Waals surface area contributed by atoms with Crippen LogP contribution in [-0.2, 0) is 14.1 Å². The Morgan fingerprint density at radius 1 is 1.07 bits per heavy atom. The molecule has 7 heteroatoms. The number of nitrogens with zero attached hydrogens (tertiary/aromatic N) is 3. The molecule has 4 rings (SSSR count). The van der Waals surface area contributed by atoms with Gasteiger partial charge in [-0.3, -0.25) is 13.9 Å². The van der Waals surface area contributed by atoms with Gasteiger partial charge in [-0.25, -0.2) is 4.79 Å². The van der Waals surface area contributed by atoms with Crippen LogP contribution in [0.4, 0.5) is 0 Å². The Balaban J connectivity index is 2.08. The van der Waals surface area contributed by atoms with Crippen LogP contribution >= 0.6 is 0 Å². The molecule has 0 saturated heterocycles. The van der Waals surface area contributed by atoms with Crippen molar-refractivity contribution in [1.29, 1.82) is 5.26 Å². The van der Waals surface area contributed by atoms with Crippen molar-refractivity contribution < 1.29 is 4.74 Å². The van der Waals surface area contributed by atoms with Crippen LogP contribution in [-0.4, -0.2) is 9.13 Å². The first-order valence-electron chi connectivity index (χ1n) is 8.30. The van der Waals surface area contributed by atoms with Gasteiger partial charge in [-0.1, -0.05) is 42.5 Å². The van der Waals surface area contributed by atoms with E-state index >= 15 is 0 Å². The van der Waals surface area contributed by atoms with Crippen LogP contribution < -0.4 is 21.7 Å². The summed E-state index contributed by atoms with van der Waals surface area (Å²) in [5.41, 5.74) is 6.03. The summed E-state index contributed by atoms with van der Waals surface area (Å²) >= 11 is 0. The van der Waals surface area contributed by atoms with Crippen LogP contribution in [0, 0.1) is 11.3 Å². The summed E-state index contributed by atoms with van der Waals surface area (Å²) in [4.78, 5) is 25.2. The molecule has 27 heavy (non-hydrogen) atoms. The highest BCUT2D eigenvalue weighted by Gasteiger charge is 2.35. The van der Waals surface area contributed by atoms with Gasteiger partial charge in [-0.05, 0) is 16.3 Å². The minimum absolute atomic E-state index is 0.0674. The first-order chi connectivity index (χ1) is 12.9. The molecule has 1 unspecified atom stereocenters. The van der Waals surface area contributed by atoms with Crippen LogP contribution in [0.2, 0.25) is 0 Å². The minimum Gasteiger partial charge on any atom is -0.423 e. The highest BCUT2D eigenvalue weighted by atomic mass is 16.5. The fourth-order valence-electron chi connectivity index (χ4n) is 3.51. The zero-order chi connectivity index (χ0) is 19.3. The lowest BCUT2D eigenvalue weighted by atomic mass is 9.84. The van der Waals surface area contributed by atoms with Gasteiger partial charge in [-0.2, -0.15) is 5.26 Å². The van der Waals surface area contributed by atoms with Crippen molar-refractivity contribution in [3.05, 3.63) is 85.9 Å². The van der Waals surface area contributed by atoms with Gasteiger partial charge in [0.2, 0.25) is 11.8 Å². The van der Waals surface area contributed by atoms with Crippen molar-refractivity contribution in [2.24, 2.45) is 19.8 Å². The Morgan fingerprint density at radius 3 is 2.48 bits per heavy atom. The SMILES string of the molecule is Cn1c2c(c(=O)n(C)c1=O)C(c1ccc3ccccc3c1)C(C#N)=C(N)O2. The third kappa shape index (κ3) is 2.34. The molecule has 0 spiro atoms. The van der Waals surface area contributed by atoms with Crippen LogP contribution in [0.1, 0.15) is 17.0 Å². The van der Waals surface area contributed by atoms with Gasteiger partial charge in [-0.15, -0.1) is 0 Å². The Labute approximate surface area is 154 Å². The molecule has 134 valence electrons. The molecule has 7 nitrogen and oxygen atoms in total. The maximum absolute atomic E-state index is 12.9. The van der Waals surface area contributed by atoms with E-state index in [4.69, 9.17) is 10.5 Å². The van der Waals surface area contributed by atoms with Crippen molar-refractivity contribution in [3.63, 3.8) is 0 Å². The van der Waals surface area contributed by atoms with Gasteiger partial charge in [0.05, 0.1) is 11.5 Å². The van der Waals surface area contributed by atoms with Crippen molar-refractivity contribution >= 4 is 10.8 Å². The van der Waals surface area contributed by atoms with E-state index in [1.807, 2.05) is 42.5 Å². The number of nitriles is 1. The second-order valence-corrected chi connectivity index (χ2v) is 6.46. The van der Waals surface area contributed by atoms with E-state index < -0.39 is 17.2 Å². The number of fused-ring (bicyclic) bond motifs is 2. The van der Waals surface area contributed by atoms with Crippen molar-refractivity contribution in [2.75, 3.05) is 0 Å². The molecular weight excluding hydrogens is 344 g/mol. The van der Waals surface area contributed by atoms with E-state index in [0.29, 0.717) is 0 Å². The number of nitrogens with two attached hydrogens (primary N) is 1. The lowest BCUT2D eigenvalue weighted by Gasteiger charge is -2.27. The zero-order valence-electron chi connectivity index (χ0n) is 14.8. The standard InChI is InChI=1S/C20H16N4O3/c1-23-18(25)16-15(13-8-7-11-5-3-4-6-12(11)9-13)14(10-21)17(22)27-19(16)24(2)20(23)26/h3-9,15H,22H2,1-2H3. The topological polar surface area (TPSA) is 103 Å². The summed E-state index contributed by atoms with van der Waals surface area (Å²) in [7, 11) is 2.90. The first-order valence-corrected chi connectivity index (χ1v) is 8.30. The maximum Gasteiger partial charge on any atom is 0.333 e. The molecule has 1 aliphatic heterocycles. The third-order valence-corrected chi connectivity index (χ3v) is 4.92. The largest absolute Gasteiger partial charge is 0.423 e. The molecule has 0 bridgehead atoms. The number of ether oxygens (including phenoxy) is 1. The number of benzene rings is 2. The van der Waals surface area contributed by atoms with E-state index in [1.54, 1.807) is 0 Å². The lowest BCUT2D eigenvalue weighted by Crippen LogP contribution is -2.42. The smallest absolute Gasteiger partial charge is 0.333 e. The number of hydrogen-bond acceptors (Lipinski definition) is 5. The molecule has 0 saturated carbocycles. The molecule has 1 aromatic heterocycles. The predicted molar refractivity (Wildman–Crippen MR) is 100 cm³/mol.